The van der Waals surface area contributed by atoms with Crippen molar-refractivity contribution in [2.45, 2.75) is 25.5 Å². The number of rotatable bonds is 6. The highest BCUT2D eigenvalue weighted by Crippen LogP contribution is 2.19. The van der Waals surface area contributed by atoms with Crippen molar-refractivity contribution in [3.63, 3.8) is 0 Å². The van der Waals surface area contributed by atoms with Crippen molar-refractivity contribution in [2.75, 3.05) is 6.54 Å². The van der Waals surface area contributed by atoms with Crippen LogP contribution in [-0.2, 0) is 6.42 Å². The van der Waals surface area contributed by atoms with Crippen LogP contribution < -0.4 is 5.32 Å². The van der Waals surface area contributed by atoms with Crippen LogP contribution in [0.15, 0.2) is 48.5 Å². The Balaban J connectivity index is 0.00000242. The normalized spacial score (nSPS) is 13.2. The van der Waals surface area contributed by atoms with Crippen molar-refractivity contribution < 1.29 is 15.3 Å². The first-order valence-electron chi connectivity index (χ1n) is 7.04. The third-order valence-corrected chi connectivity index (χ3v) is 3.52. The summed E-state index contributed by atoms with van der Waals surface area (Å²) < 4.78 is 0. The van der Waals surface area contributed by atoms with Gasteiger partial charge in [-0.05, 0) is 55.3 Å². The molecule has 0 saturated carbocycles. The molecule has 0 aliphatic rings. The molecule has 0 bridgehead atoms. The molecule has 0 fully saturated rings. The number of aromatic hydroxyl groups is 2. The average Bonchev–Trinajstić information content (AvgIpc) is 2.49. The fourth-order valence-corrected chi connectivity index (χ4v) is 2.18. The highest BCUT2D eigenvalue weighted by molar-refractivity contribution is 5.85. The third kappa shape index (κ3) is 5.22. The lowest BCUT2D eigenvalue weighted by molar-refractivity contribution is 0.136. The highest BCUT2D eigenvalue weighted by atomic mass is 35.5. The zero-order chi connectivity index (χ0) is 15.2. The van der Waals surface area contributed by atoms with Crippen molar-refractivity contribution in [2.24, 2.45) is 0 Å². The van der Waals surface area contributed by atoms with Crippen LogP contribution >= 0.6 is 12.4 Å². The van der Waals surface area contributed by atoms with Gasteiger partial charge in [-0.2, -0.15) is 0 Å². The standard InChI is InChI=1S/C17H21NO3.ClH/c1-12(17(21)14-4-8-16(20)9-5-14)18-11-10-13-2-6-15(19)7-3-13;/h2-9,12,17-21H,10-11H2,1H3;1H/t12-,17+;/m0./s1. The fraction of sp³-hybridized carbons (Fsp3) is 0.294. The van der Waals surface area contributed by atoms with Crippen molar-refractivity contribution >= 4 is 12.4 Å². The van der Waals surface area contributed by atoms with Crippen LogP contribution in [0.1, 0.15) is 24.2 Å². The van der Waals surface area contributed by atoms with E-state index in [1.54, 1.807) is 36.4 Å². The van der Waals surface area contributed by atoms with Crippen molar-refractivity contribution in [1.82, 2.24) is 5.32 Å². The van der Waals surface area contributed by atoms with E-state index in [9.17, 15) is 15.3 Å². The Morgan fingerprint density at radius 3 is 1.95 bits per heavy atom. The molecule has 0 aromatic heterocycles. The molecule has 2 atom stereocenters. The smallest absolute Gasteiger partial charge is 0.115 e. The molecular weight excluding hydrogens is 302 g/mol. The molecule has 0 aliphatic carbocycles. The van der Waals surface area contributed by atoms with Gasteiger partial charge in [0.1, 0.15) is 11.5 Å². The molecule has 0 heterocycles. The molecule has 120 valence electrons. The number of nitrogens with one attached hydrogen (secondary N) is 1. The Hall–Kier alpha value is -1.75. The Morgan fingerprint density at radius 2 is 1.41 bits per heavy atom. The second-order valence-electron chi connectivity index (χ2n) is 5.20. The molecule has 0 aliphatic heterocycles. The summed E-state index contributed by atoms with van der Waals surface area (Å²) in [6, 6.07) is 13.6. The molecule has 2 rings (SSSR count). The van der Waals surface area contributed by atoms with Crippen LogP contribution in [0.4, 0.5) is 0 Å². The number of phenolic OH excluding ortho intramolecular Hbond substituents is 2. The predicted octanol–water partition coefficient (Wildman–Crippen LogP) is 2.77. The van der Waals surface area contributed by atoms with E-state index >= 15 is 0 Å². The van der Waals surface area contributed by atoms with Gasteiger partial charge in [-0.3, -0.25) is 0 Å². The van der Waals surface area contributed by atoms with Crippen LogP contribution in [0, 0.1) is 0 Å². The van der Waals surface area contributed by atoms with Gasteiger partial charge in [0, 0.05) is 6.04 Å². The number of halogens is 1. The minimum Gasteiger partial charge on any atom is -0.508 e. The third-order valence-electron chi connectivity index (χ3n) is 3.52. The van der Waals surface area contributed by atoms with E-state index in [4.69, 9.17) is 0 Å². The zero-order valence-electron chi connectivity index (χ0n) is 12.4. The summed E-state index contributed by atoms with van der Waals surface area (Å²) >= 11 is 0. The van der Waals surface area contributed by atoms with E-state index in [2.05, 4.69) is 5.32 Å². The van der Waals surface area contributed by atoms with Gasteiger partial charge in [0.05, 0.1) is 6.10 Å². The van der Waals surface area contributed by atoms with Gasteiger partial charge in [-0.25, -0.2) is 0 Å². The maximum atomic E-state index is 10.2. The van der Waals surface area contributed by atoms with Crippen LogP contribution in [0.2, 0.25) is 0 Å². The lowest BCUT2D eigenvalue weighted by Crippen LogP contribution is -2.33. The van der Waals surface area contributed by atoms with E-state index in [-0.39, 0.29) is 29.9 Å². The first kappa shape index (κ1) is 18.3. The number of benzene rings is 2. The zero-order valence-corrected chi connectivity index (χ0v) is 13.3. The highest BCUT2D eigenvalue weighted by Gasteiger charge is 2.15. The topological polar surface area (TPSA) is 72.7 Å². The first-order valence-corrected chi connectivity index (χ1v) is 7.04. The van der Waals surface area contributed by atoms with Crippen molar-refractivity contribution in [3.8, 4) is 11.5 Å². The average molecular weight is 324 g/mol. The second-order valence-corrected chi connectivity index (χ2v) is 5.20. The lowest BCUT2D eigenvalue weighted by atomic mass is 10.0. The molecule has 0 unspecified atom stereocenters. The van der Waals surface area contributed by atoms with E-state index in [0.29, 0.717) is 0 Å². The summed E-state index contributed by atoms with van der Waals surface area (Å²) in [6.07, 6.45) is 0.206. The predicted molar refractivity (Wildman–Crippen MR) is 89.6 cm³/mol. The molecular formula is C17H22ClNO3. The molecule has 4 N–H and O–H groups in total. The minimum atomic E-state index is -0.620. The summed E-state index contributed by atoms with van der Waals surface area (Å²) in [7, 11) is 0. The summed E-state index contributed by atoms with van der Waals surface area (Å²) in [4.78, 5) is 0. The minimum absolute atomic E-state index is 0. The van der Waals surface area contributed by atoms with Gasteiger partial charge in [-0.1, -0.05) is 24.3 Å². The van der Waals surface area contributed by atoms with Crippen molar-refractivity contribution in [1.29, 1.82) is 0 Å². The number of phenols is 2. The largest absolute Gasteiger partial charge is 0.508 e. The number of aliphatic hydroxyl groups is 1. The van der Waals surface area contributed by atoms with Crippen LogP contribution in [0.3, 0.4) is 0 Å². The molecule has 2 aromatic carbocycles. The Kier molecular flexibility index (Phi) is 7.18. The second kappa shape index (κ2) is 8.63. The van der Waals surface area contributed by atoms with Crippen LogP contribution in [-0.4, -0.2) is 27.9 Å². The summed E-state index contributed by atoms with van der Waals surface area (Å²) in [5, 5.41) is 32.0. The van der Waals surface area contributed by atoms with Gasteiger partial charge in [0.2, 0.25) is 0 Å². The quantitative estimate of drug-likeness (QED) is 0.659. The van der Waals surface area contributed by atoms with Crippen LogP contribution in [0.5, 0.6) is 11.5 Å². The maximum Gasteiger partial charge on any atom is 0.115 e. The molecule has 0 radical (unpaired) electrons. The van der Waals surface area contributed by atoms with E-state index in [1.807, 2.05) is 19.1 Å². The van der Waals surface area contributed by atoms with Crippen LogP contribution in [0.25, 0.3) is 0 Å². The van der Waals surface area contributed by atoms with Crippen molar-refractivity contribution in [3.05, 3.63) is 59.7 Å². The fourth-order valence-electron chi connectivity index (χ4n) is 2.18. The molecule has 0 amide bonds. The summed E-state index contributed by atoms with van der Waals surface area (Å²) in [6.45, 7) is 2.66. The molecule has 0 saturated heterocycles. The van der Waals surface area contributed by atoms with Gasteiger partial charge in [-0.15, -0.1) is 12.4 Å². The summed E-state index contributed by atoms with van der Waals surface area (Å²) in [5.41, 5.74) is 1.91. The molecule has 2 aromatic rings. The van der Waals surface area contributed by atoms with E-state index < -0.39 is 6.10 Å². The lowest BCUT2D eigenvalue weighted by Gasteiger charge is -2.20. The SMILES string of the molecule is C[C@H](NCCc1ccc(O)cc1)[C@@H](O)c1ccc(O)cc1.Cl. The summed E-state index contributed by atoms with van der Waals surface area (Å²) in [5.74, 6) is 0.460. The van der Waals surface area contributed by atoms with E-state index in [1.165, 1.54) is 0 Å². The Bertz CT molecular complexity index is 557. The van der Waals surface area contributed by atoms with Gasteiger partial charge in [0.15, 0.2) is 0 Å². The first-order chi connectivity index (χ1) is 10.1. The molecule has 4 nitrogen and oxygen atoms in total. The molecule has 22 heavy (non-hydrogen) atoms. The van der Waals surface area contributed by atoms with Gasteiger partial charge < -0.3 is 20.6 Å². The van der Waals surface area contributed by atoms with Gasteiger partial charge >= 0.3 is 0 Å². The monoisotopic (exact) mass is 323 g/mol. The van der Waals surface area contributed by atoms with Gasteiger partial charge in [0.25, 0.3) is 0 Å². The number of aliphatic hydroxyl groups excluding tert-OH is 1. The maximum absolute atomic E-state index is 10.2. The number of hydrogen-bond acceptors (Lipinski definition) is 4. The van der Waals surface area contributed by atoms with E-state index in [0.717, 1.165) is 24.1 Å². The number of hydrogen-bond donors (Lipinski definition) is 4. The molecule has 5 heteroatoms. The Morgan fingerprint density at radius 1 is 0.909 bits per heavy atom. The molecule has 0 spiro atoms. The Labute approximate surface area is 136 Å².